The molecule has 0 aromatic carbocycles. The summed E-state index contributed by atoms with van der Waals surface area (Å²) < 4.78 is 0. The molecule has 0 N–H and O–H groups in total. The first-order valence-electron chi connectivity index (χ1n) is 4.67. The molecule has 0 aromatic heterocycles. The minimum absolute atomic E-state index is 1.12. The van der Waals surface area contributed by atoms with Crippen molar-refractivity contribution in [2.45, 2.75) is 41.5 Å². The highest BCUT2D eigenvalue weighted by Crippen LogP contribution is 2.18. The van der Waals surface area contributed by atoms with Gasteiger partial charge in [-0.2, -0.15) is 0 Å². The van der Waals surface area contributed by atoms with Gasteiger partial charge in [0, 0.05) is 12.8 Å². The van der Waals surface area contributed by atoms with E-state index in [0.717, 1.165) is 5.71 Å². The van der Waals surface area contributed by atoms with Crippen molar-refractivity contribution in [3.8, 4) is 0 Å². The van der Waals surface area contributed by atoms with Crippen LogP contribution in [0, 0.1) is 0 Å². The third-order valence-electron chi connectivity index (χ3n) is 2.75. The smallest absolute Gasteiger partial charge is 0.0345 e. The first kappa shape index (κ1) is 12.2. The Morgan fingerprint density at radius 2 is 1.15 bits per heavy atom. The minimum atomic E-state index is 1.12. The summed E-state index contributed by atoms with van der Waals surface area (Å²) in [4.78, 5) is 4.19. The SMILES string of the molecule is CN=C(C)C(C)=C(C)C(C)=C(C)C. The van der Waals surface area contributed by atoms with Crippen LogP contribution < -0.4 is 0 Å². The molecule has 0 fully saturated rings. The summed E-state index contributed by atoms with van der Waals surface area (Å²) >= 11 is 0. The van der Waals surface area contributed by atoms with E-state index < -0.39 is 0 Å². The highest BCUT2D eigenvalue weighted by atomic mass is 14.7. The van der Waals surface area contributed by atoms with E-state index in [0.29, 0.717) is 0 Å². The molecule has 0 atom stereocenters. The van der Waals surface area contributed by atoms with Gasteiger partial charge in [0.25, 0.3) is 0 Å². The molecule has 1 heteroatoms. The van der Waals surface area contributed by atoms with Gasteiger partial charge < -0.3 is 0 Å². The number of aliphatic imine (C=N–C) groups is 1. The van der Waals surface area contributed by atoms with Crippen LogP contribution in [0.4, 0.5) is 0 Å². The molecule has 0 aliphatic carbocycles. The van der Waals surface area contributed by atoms with Gasteiger partial charge in [-0.3, -0.25) is 4.99 Å². The minimum Gasteiger partial charge on any atom is -0.293 e. The van der Waals surface area contributed by atoms with Crippen molar-refractivity contribution in [1.82, 2.24) is 0 Å². The number of hydrogen-bond acceptors (Lipinski definition) is 1. The summed E-state index contributed by atoms with van der Waals surface area (Å²) in [6, 6.07) is 0. The fourth-order valence-corrected chi connectivity index (χ4v) is 1.10. The second kappa shape index (κ2) is 5.00. The van der Waals surface area contributed by atoms with Gasteiger partial charge in [0.15, 0.2) is 0 Å². The van der Waals surface area contributed by atoms with E-state index in [-0.39, 0.29) is 0 Å². The average molecular weight is 179 g/mol. The summed E-state index contributed by atoms with van der Waals surface area (Å²) in [5.41, 5.74) is 6.52. The summed E-state index contributed by atoms with van der Waals surface area (Å²) in [6.07, 6.45) is 0. The highest BCUT2D eigenvalue weighted by molar-refractivity contribution is 5.98. The van der Waals surface area contributed by atoms with Crippen LogP contribution in [-0.4, -0.2) is 12.8 Å². The topological polar surface area (TPSA) is 12.4 Å². The first-order valence-corrected chi connectivity index (χ1v) is 4.67. The van der Waals surface area contributed by atoms with Crippen LogP contribution in [0.2, 0.25) is 0 Å². The van der Waals surface area contributed by atoms with Crippen molar-refractivity contribution in [3.63, 3.8) is 0 Å². The number of nitrogens with zero attached hydrogens (tertiary/aromatic N) is 1. The van der Waals surface area contributed by atoms with Crippen LogP contribution in [0.25, 0.3) is 0 Å². The lowest BCUT2D eigenvalue weighted by Gasteiger charge is -2.09. The normalized spacial score (nSPS) is 13.9. The van der Waals surface area contributed by atoms with Gasteiger partial charge >= 0.3 is 0 Å². The quantitative estimate of drug-likeness (QED) is 0.452. The van der Waals surface area contributed by atoms with Crippen molar-refractivity contribution < 1.29 is 0 Å². The Kier molecular flexibility index (Phi) is 4.68. The molecule has 0 aromatic rings. The van der Waals surface area contributed by atoms with Crippen LogP contribution in [0.1, 0.15) is 41.5 Å². The van der Waals surface area contributed by atoms with Crippen LogP contribution >= 0.6 is 0 Å². The van der Waals surface area contributed by atoms with Crippen molar-refractivity contribution in [3.05, 3.63) is 22.3 Å². The van der Waals surface area contributed by atoms with Gasteiger partial charge in [-0.25, -0.2) is 0 Å². The average Bonchev–Trinajstić information content (AvgIpc) is 2.12. The summed E-state index contributed by atoms with van der Waals surface area (Å²) in [6.45, 7) is 12.8. The van der Waals surface area contributed by atoms with Crippen molar-refractivity contribution in [2.24, 2.45) is 4.99 Å². The Balaban J connectivity index is 5.17. The molecule has 0 amide bonds. The van der Waals surface area contributed by atoms with Crippen LogP contribution in [0.5, 0.6) is 0 Å². The van der Waals surface area contributed by atoms with Gasteiger partial charge in [0.1, 0.15) is 0 Å². The standard InChI is InChI=1S/C12H21N/c1-8(2)9(3)10(4)11(5)12(6)13-7/h1-7H3. The zero-order valence-corrected chi connectivity index (χ0v) is 9.95. The fourth-order valence-electron chi connectivity index (χ4n) is 1.10. The van der Waals surface area contributed by atoms with Gasteiger partial charge in [0.05, 0.1) is 0 Å². The van der Waals surface area contributed by atoms with Crippen molar-refractivity contribution in [2.75, 3.05) is 7.05 Å². The third kappa shape index (κ3) is 3.17. The van der Waals surface area contributed by atoms with E-state index >= 15 is 0 Å². The molecular weight excluding hydrogens is 158 g/mol. The molecule has 0 saturated heterocycles. The largest absolute Gasteiger partial charge is 0.293 e. The predicted octanol–water partition coefficient (Wildman–Crippen LogP) is 3.77. The Bertz CT molecular complexity index is 273. The molecule has 0 aliphatic heterocycles. The van der Waals surface area contributed by atoms with Crippen LogP contribution in [0.3, 0.4) is 0 Å². The lowest BCUT2D eigenvalue weighted by atomic mass is 9.98. The van der Waals surface area contributed by atoms with Crippen LogP contribution in [0.15, 0.2) is 27.3 Å². The number of allylic oxidation sites excluding steroid dienone is 4. The second-order valence-electron chi connectivity index (χ2n) is 3.68. The Labute approximate surface area is 82.3 Å². The maximum Gasteiger partial charge on any atom is 0.0345 e. The number of hydrogen-bond donors (Lipinski definition) is 0. The molecule has 0 radical (unpaired) electrons. The molecule has 0 unspecified atom stereocenters. The fraction of sp³-hybridized carbons (Fsp3) is 0.583. The molecule has 0 aliphatic rings. The lowest BCUT2D eigenvalue weighted by molar-refractivity contribution is 1.20. The maximum atomic E-state index is 4.19. The molecule has 1 nitrogen and oxygen atoms in total. The molecular formula is C12H21N. The zero-order valence-electron chi connectivity index (χ0n) is 9.95. The van der Waals surface area contributed by atoms with E-state index in [4.69, 9.17) is 0 Å². The lowest BCUT2D eigenvalue weighted by Crippen LogP contribution is -1.98. The van der Waals surface area contributed by atoms with Gasteiger partial charge in [-0.15, -0.1) is 0 Å². The Morgan fingerprint density at radius 3 is 1.46 bits per heavy atom. The molecule has 0 bridgehead atoms. The first-order chi connectivity index (χ1) is 5.91. The second-order valence-corrected chi connectivity index (χ2v) is 3.68. The summed E-state index contributed by atoms with van der Waals surface area (Å²) in [5.74, 6) is 0. The maximum absolute atomic E-state index is 4.19. The zero-order chi connectivity index (χ0) is 10.6. The van der Waals surface area contributed by atoms with Gasteiger partial charge in [-0.1, -0.05) is 5.57 Å². The number of rotatable bonds is 2. The van der Waals surface area contributed by atoms with E-state index in [2.05, 4.69) is 46.5 Å². The van der Waals surface area contributed by atoms with E-state index in [1.54, 1.807) is 0 Å². The molecule has 74 valence electrons. The molecule has 0 heterocycles. The highest BCUT2D eigenvalue weighted by Gasteiger charge is 2.02. The van der Waals surface area contributed by atoms with E-state index in [9.17, 15) is 0 Å². The van der Waals surface area contributed by atoms with Crippen molar-refractivity contribution in [1.29, 1.82) is 0 Å². The molecule has 0 spiro atoms. The molecule has 13 heavy (non-hydrogen) atoms. The van der Waals surface area contributed by atoms with Crippen LogP contribution in [-0.2, 0) is 0 Å². The Hall–Kier alpha value is -0.850. The van der Waals surface area contributed by atoms with Crippen molar-refractivity contribution >= 4 is 5.71 Å². The van der Waals surface area contributed by atoms with Gasteiger partial charge in [-0.05, 0) is 58.3 Å². The van der Waals surface area contributed by atoms with E-state index in [1.165, 1.54) is 22.3 Å². The predicted molar refractivity (Wildman–Crippen MR) is 61.5 cm³/mol. The summed E-state index contributed by atoms with van der Waals surface area (Å²) in [7, 11) is 1.84. The molecule has 0 rings (SSSR count). The Morgan fingerprint density at radius 1 is 0.692 bits per heavy atom. The third-order valence-corrected chi connectivity index (χ3v) is 2.75. The monoisotopic (exact) mass is 179 g/mol. The summed E-state index contributed by atoms with van der Waals surface area (Å²) in [5, 5.41) is 0. The van der Waals surface area contributed by atoms with E-state index in [1.807, 2.05) is 7.05 Å². The van der Waals surface area contributed by atoms with Gasteiger partial charge in [0.2, 0.25) is 0 Å². The molecule has 0 saturated carbocycles.